The second-order valence-electron chi connectivity index (χ2n) is 6.02. The smallest absolute Gasteiger partial charge is 0.126 e. The topological polar surface area (TPSA) is 28.2 Å². The quantitative estimate of drug-likeness (QED) is 0.834. The fourth-order valence-electron chi connectivity index (χ4n) is 3.17. The van der Waals surface area contributed by atoms with Crippen molar-refractivity contribution in [2.75, 3.05) is 25.0 Å². The van der Waals surface area contributed by atoms with Crippen molar-refractivity contribution in [3.63, 3.8) is 0 Å². The molecule has 4 heteroatoms. The number of likely N-dealkylation sites (tertiary alicyclic amines) is 1. The molecule has 2 rings (SSSR count). The van der Waals surface area contributed by atoms with Crippen molar-refractivity contribution in [1.82, 2.24) is 9.88 Å². The lowest BCUT2D eigenvalue weighted by molar-refractivity contribution is 0.268. The Bertz CT molecular complexity index is 436. The fourth-order valence-corrected chi connectivity index (χ4v) is 3.33. The zero-order valence-corrected chi connectivity index (χ0v) is 14.1. The molecule has 1 N–H and O–H groups in total. The highest BCUT2D eigenvalue weighted by molar-refractivity contribution is 6.31. The number of hydrogen-bond acceptors (Lipinski definition) is 3. The number of pyridine rings is 1. The molecule has 3 nitrogen and oxygen atoms in total. The number of halogens is 1. The van der Waals surface area contributed by atoms with E-state index in [4.69, 9.17) is 11.6 Å². The number of rotatable bonds is 6. The normalized spacial score (nSPS) is 20.2. The Hall–Kier alpha value is -0.800. The summed E-state index contributed by atoms with van der Waals surface area (Å²) < 4.78 is 0. The number of nitrogens with one attached hydrogen (secondary N) is 1. The third-order valence-corrected chi connectivity index (χ3v) is 4.63. The first-order valence-electron chi connectivity index (χ1n) is 8.34. The molecule has 1 atom stereocenters. The Balaban J connectivity index is 1.96. The van der Waals surface area contributed by atoms with Crippen LogP contribution in [0.15, 0.2) is 12.1 Å². The van der Waals surface area contributed by atoms with Gasteiger partial charge < -0.3 is 5.32 Å². The summed E-state index contributed by atoms with van der Waals surface area (Å²) in [6.07, 6.45) is 6.68. The van der Waals surface area contributed by atoms with Gasteiger partial charge in [0.05, 0.1) is 10.7 Å². The molecule has 1 unspecified atom stereocenters. The molecule has 21 heavy (non-hydrogen) atoms. The van der Waals surface area contributed by atoms with Crippen LogP contribution in [0.4, 0.5) is 5.82 Å². The van der Waals surface area contributed by atoms with Gasteiger partial charge in [0.2, 0.25) is 0 Å². The van der Waals surface area contributed by atoms with E-state index in [1.807, 2.05) is 12.1 Å². The molecular formula is C17H28ClN3. The van der Waals surface area contributed by atoms with Gasteiger partial charge >= 0.3 is 0 Å². The van der Waals surface area contributed by atoms with Crippen molar-refractivity contribution in [2.45, 2.75) is 52.5 Å². The average Bonchev–Trinajstić information content (AvgIpc) is 2.69. The second-order valence-corrected chi connectivity index (χ2v) is 6.42. The number of nitrogens with zero attached hydrogens (tertiary/aromatic N) is 2. The molecule has 1 aliphatic rings. The van der Waals surface area contributed by atoms with E-state index in [2.05, 4.69) is 29.0 Å². The van der Waals surface area contributed by atoms with Crippen LogP contribution >= 0.6 is 11.6 Å². The molecule has 0 bridgehead atoms. The summed E-state index contributed by atoms with van der Waals surface area (Å²) in [5.41, 5.74) is 1.00. The Morgan fingerprint density at radius 2 is 2.14 bits per heavy atom. The van der Waals surface area contributed by atoms with Crippen molar-refractivity contribution in [3.8, 4) is 0 Å². The Kier molecular flexibility index (Phi) is 6.78. The summed E-state index contributed by atoms with van der Waals surface area (Å²) in [5, 5.41) is 4.04. The van der Waals surface area contributed by atoms with Crippen LogP contribution in [0.25, 0.3) is 0 Å². The lowest BCUT2D eigenvalue weighted by Gasteiger charge is -2.20. The minimum atomic E-state index is 0.783. The standard InChI is InChI=1S/C17H28ClN3/c1-3-6-14-7-5-11-21(12-10-14)13-16-15(18)8-9-17(20-16)19-4-2/h8-9,14H,3-7,10-13H2,1-2H3,(H,19,20). The predicted octanol–water partition coefficient (Wildman–Crippen LogP) is 4.57. The highest BCUT2D eigenvalue weighted by Gasteiger charge is 2.17. The van der Waals surface area contributed by atoms with Crippen LogP contribution < -0.4 is 5.32 Å². The van der Waals surface area contributed by atoms with Crippen LogP contribution in [0.1, 0.15) is 51.6 Å². The molecular weight excluding hydrogens is 282 g/mol. The van der Waals surface area contributed by atoms with E-state index < -0.39 is 0 Å². The van der Waals surface area contributed by atoms with Crippen LogP contribution in [0.5, 0.6) is 0 Å². The first kappa shape index (κ1) is 16.6. The van der Waals surface area contributed by atoms with Gasteiger partial charge in [0.1, 0.15) is 5.82 Å². The Morgan fingerprint density at radius 1 is 1.29 bits per heavy atom. The Labute approximate surface area is 134 Å². The van der Waals surface area contributed by atoms with Crippen LogP contribution in [0.3, 0.4) is 0 Å². The molecule has 1 aliphatic heterocycles. The summed E-state index contributed by atoms with van der Waals surface area (Å²) in [7, 11) is 0. The molecule has 1 aromatic rings. The second kappa shape index (κ2) is 8.60. The lowest BCUT2D eigenvalue weighted by atomic mass is 9.96. The van der Waals surface area contributed by atoms with E-state index >= 15 is 0 Å². The van der Waals surface area contributed by atoms with Crippen LogP contribution in [-0.2, 0) is 6.54 Å². The van der Waals surface area contributed by atoms with Crippen LogP contribution in [0.2, 0.25) is 5.02 Å². The molecule has 0 radical (unpaired) electrons. The zero-order chi connectivity index (χ0) is 15.1. The lowest BCUT2D eigenvalue weighted by Crippen LogP contribution is -2.25. The van der Waals surface area contributed by atoms with Crippen molar-refractivity contribution in [1.29, 1.82) is 0 Å². The van der Waals surface area contributed by atoms with E-state index in [1.54, 1.807) is 0 Å². The molecule has 1 saturated heterocycles. The largest absolute Gasteiger partial charge is 0.370 e. The van der Waals surface area contributed by atoms with Gasteiger partial charge in [-0.1, -0.05) is 31.4 Å². The van der Waals surface area contributed by atoms with E-state index in [1.165, 1.54) is 45.2 Å². The molecule has 2 heterocycles. The summed E-state index contributed by atoms with van der Waals surface area (Å²) in [4.78, 5) is 7.17. The van der Waals surface area contributed by atoms with Crippen LogP contribution in [0, 0.1) is 5.92 Å². The third kappa shape index (κ3) is 5.15. The van der Waals surface area contributed by atoms with Gasteiger partial charge in [-0.15, -0.1) is 0 Å². The molecule has 1 fully saturated rings. The highest BCUT2D eigenvalue weighted by Crippen LogP contribution is 2.24. The Morgan fingerprint density at radius 3 is 2.90 bits per heavy atom. The van der Waals surface area contributed by atoms with Crippen molar-refractivity contribution in [3.05, 3.63) is 22.8 Å². The maximum Gasteiger partial charge on any atom is 0.126 e. The molecule has 0 aliphatic carbocycles. The molecule has 118 valence electrons. The molecule has 1 aromatic heterocycles. The van der Waals surface area contributed by atoms with Crippen molar-refractivity contribution in [2.24, 2.45) is 5.92 Å². The SMILES string of the molecule is CCCC1CCCN(Cc2nc(NCC)ccc2Cl)CC1. The first-order chi connectivity index (χ1) is 10.2. The van der Waals surface area contributed by atoms with Gasteiger partial charge in [-0.25, -0.2) is 4.98 Å². The fraction of sp³-hybridized carbons (Fsp3) is 0.706. The average molecular weight is 310 g/mol. The molecule has 0 saturated carbocycles. The molecule has 0 aromatic carbocycles. The van der Waals surface area contributed by atoms with Crippen molar-refractivity contribution >= 4 is 17.4 Å². The van der Waals surface area contributed by atoms with Crippen LogP contribution in [-0.4, -0.2) is 29.5 Å². The maximum absolute atomic E-state index is 6.32. The van der Waals surface area contributed by atoms with Gasteiger partial charge in [0, 0.05) is 13.1 Å². The highest BCUT2D eigenvalue weighted by atomic mass is 35.5. The monoisotopic (exact) mass is 309 g/mol. The van der Waals surface area contributed by atoms with Gasteiger partial charge in [0.25, 0.3) is 0 Å². The number of hydrogen-bond donors (Lipinski definition) is 1. The minimum absolute atomic E-state index is 0.783. The molecule has 0 spiro atoms. The van der Waals surface area contributed by atoms with E-state index in [9.17, 15) is 0 Å². The van der Waals surface area contributed by atoms with E-state index in [0.717, 1.165) is 35.5 Å². The van der Waals surface area contributed by atoms with E-state index in [-0.39, 0.29) is 0 Å². The van der Waals surface area contributed by atoms with Gasteiger partial charge in [-0.2, -0.15) is 0 Å². The summed E-state index contributed by atoms with van der Waals surface area (Å²) in [5.74, 6) is 1.84. The number of aromatic nitrogens is 1. The zero-order valence-electron chi connectivity index (χ0n) is 13.4. The van der Waals surface area contributed by atoms with Gasteiger partial charge in [0.15, 0.2) is 0 Å². The minimum Gasteiger partial charge on any atom is -0.370 e. The molecule has 0 amide bonds. The summed E-state index contributed by atoms with van der Waals surface area (Å²) in [6, 6.07) is 3.91. The first-order valence-corrected chi connectivity index (χ1v) is 8.72. The van der Waals surface area contributed by atoms with E-state index in [0.29, 0.717) is 0 Å². The predicted molar refractivity (Wildman–Crippen MR) is 90.9 cm³/mol. The summed E-state index contributed by atoms with van der Waals surface area (Å²) >= 11 is 6.32. The number of anilines is 1. The maximum atomic E-state index is 6.32. The van der Waals surface area contributed by atoms with Gasteiger partial charge in [-0.3, -0.25) is 4.90 Å². The summed E-state index contributed by atoms with van der Waals surface area (Å²) in [6.45, 7) is 8.47. The van der Waals surface area contributed by atoms with Gasteiger partial charge in [-0.05, 0) is 57.3 Å². The van der Waals surface area contributed by atoms with Crippen molar-refractivity contribution < 1.29 is 0 Å². The third-order valence-electron chi connectivity index (χ3n) is 4.29.